The molecule has 0 aliphatic carbocycles. The Balaban J connectivity index is 2.47. The summed E-state index contributed by atoms with van der Waals surface area (Å²) in [5, 5.41) is 13.2. The fourth-order valence-electron chi connectivity index (χ4n) is 1.56. The number of thioether (sulfide) groups is 1. The lowest BCUT2D eigenvalue weighted by atomic mass is 9.98. The summed E-state index contributed by atoms with van der Waals surface area (Å²) in [7, 11) is 0. The van der Waals surface area contributed by atoms with Crippen LogP contribution in [-0.4, -0.2) is 38.4 Å². The van der Waals surface area contributed by atoms with Gasteiger partial charge in [0.05, 0.1) is 0 Å². The number of aromatic amines is 1. The highest BCUT2D eigenvalue weighted by Crippen LogP contribution is 2.19. The average Bonchev–Trinajstić information content (AvgIpc) is 2.69. The van der Waals surface area contributed by atoms with Gasteiger partial charge in [-0.15, -0.1) is 0 Å². The standard InChI is InChI=1S/C11H19N3O2S/c1-8(2)14-11(3,9(15)16)4-7-17-10-12-5-6-13-10/h5-6,8,14H,4,7H2,1-3H3,(H,12,13)(H,15,16). The fraction of sp³-hybridized carbons (Fsp3) is 0.636. The minimum atomic E-state index is -0.881. The van der Waals surface area contributed by atoms with Crippen molar-refractivity contribution >= 4 is 17.7 Å². The molecule has 0 fully saturated rings. The Hall–Kier alpha value is -1.01. The van der Waals surface area contributed by atoms with Gasteiger partial charge in [-0.1, -0.05) is 11.8 Å². The van der Waals surface area contributed by atoms with Gasteiger partial charge in [-0.2, -0.15) is 0 Å². The van der Waals surface area contributed by atoms with Crippen molar-refractivity contribution in [3.05, 3.63) is 12.4 Å². The highest BCUT2D eigenvalue weighted by atomic mass is 32.2. The molecule has 1 unspecified atom stereocenters. The van der Waals surface area contributed by atoms with E-state index in [1.165, 1.54) is 11.8 Å². The minimum absolute atomic E-state index is 0.143. The molecule has 1 aromatic rings. The highest BCUT2D eigenvalue weighted by molar-refractivity contribution is 7.99. The number of nitrogens with zero attached hydrogens (tertiary/aromatic N) is 1. The molecule has 96 valence electrons. The SMILES string of the molecule is CC(C)NC(C)(CCSc1ncc[nH]1)C(=O)O. The molecule has 17 heavy (non-hydrogen) atoms. The molecule has 0 aliphatic heterocycles. The Bertz CT molecular complexity index is 354. The smallest absolute Gasteiger partial charge is 0.323 e. The van der Waals surface area contributed by atoms with Gasteiger partial charge < -0.3 is 10.1 Å². The Morgan fingerprint density at radius 1 is 1.71 bits per heavy atom. The van der Waals surface area contributed by atoms with Crippen LogP contribution < -0.4 is 5.32 Å². The van der Waals surface area contributed by atoms with Crippen molar-refractivity contribution in [2.45, 2.75) is 43.9 Å². The molecular formula is C11H19N3O2S. The van der Waals surface area contributed by atoms with E-state index in [-0.39, 0.29) is 6.04 Å². The molecule has 1 rings (SSSR count). The molecule has 6 heteroatoms. The number of aliphatic carboxylic acids is 1. The molecule has 0 saturated carbocycles. The third-order valence-corrected chi connectivity index (χ3v) is 3.30. The van der Waals surface area contributed by atoms with Gasteiger partial charge in [0.15, 0.2) is 5.16 Å². The van der Waals surface area contributed by atoms with Crippen LogP contribution in [-0.2, 0) is 4.79 Å². The lowest BCUT2D eigenvalue weighted by Crippen LogP contribution is -2.52. The molecule has 0 bridgehead atoms. The van der Waals surface area contributed by atoms with E-state index in [2.05, 4.69) is 15.3 Å². The molecule has 5 nitrogen and oxygen atoms in total. The molecule has 0 radical (unpaired) electrons. The first-order valence-electron chi connectivity index (χ1n) is 5.57. The largest absolute Gasteiger partial charge is 0.480 e. The summed E-state index contributed by atoms with van der Waals surface area (Å²) in [6.07, 6.45) is 3.99. The van der Waals surface area contributed by atoms with E-state index in [1.807, 2.05) is 13.8 Å². The summed E-state index contributed by atoms with van der Waals surface area (Å²) < 4.78 is 0. The Kier molecular flexibility index (Phi) is 5.02. The maximum absolute atomic E-state index is 11.3. The number of aromatic nitrogens is 2. The number of rotatable bonds is 7. The lowest BCUT2D eigenvalue weighted by Gasteiger charge is -2.28. The molecule has 1 heterocycles. The molecule has 1 atom stereocenters. The number of imidazole rings is 1. The summed E-state index contributed by atoms with van der Waals surface area (Å²) in [4.78, 5) is 18.3. The Morgan fingerprint density at radius 2 is 2.41 bits per heavy atom. The summed E-state index contributed by atoms with van der Waals surface area (Å²) in [5.41, 5.74) is -0.881. The van der Waals surface area contributed by atoms with Crippen molar-refractivity contribution in [2.75, 3.05) is 5.75 Å². The first-order valence-corrected chi connectivity index (χ1v) is 6.56. The van der Waals surface area contributed by atoms with Gasteiger partial charge in [-0.3, -0.25) is 10.1 Å². The molecule has 0 aliphatic rings. The summed E-state index contributed by atoms with van der Waals surface area (Å²) in [5.74, 6) is -0.109. The average molecular weight is 257 g/mol. The zero-order valence-corrected chi connectivity index (χ0v) is 11.2. The highest BCUT2D eigenvalue weighted by Gasteiger charge is 2.32. The second-order valence-corrected chi connectivity index (χ2v) is 5.51. The zero-order valence-electron chi connectivity index (χ0n) is 10.4. The van der Waals surface area contributed by atoms with Crippen molar-refractivity contribution in [3.8, 4) is 0 Å². The van der Waals surface area contributed by atoms with Gasteiger partial charge >= 0.3 is 5.97 Å². The number of nitrogens with one attached hydrogen (secondary N) is 2. The van der Waals surface area contributed by atoms with E-state index in [1.54, 1.807) is 19.3 Å². The van der Waals surface area contributed by atoms with Crippen molar-refractivity contribution in [2.24, 2.45) is 0 Å². The molecular weight excluding hydrogens is 238 g/mol. The summed E-state index contributed by atoms with van der Waals surface area (Å²) >= 11 is 1.53. The maximum Gasteiger partial charge on any atom is 0.323 e. The van der Waals surface area contributed by atoms with Gasteiger partial charge in [0, 0.05) is 24.2 Å². The predicted molar refractivity (Wildman–Crippen MR) is 68.2 cm³/mol. The number of hydrogen-bond acceptors (Lipinski definition) is 4. The predicted octanol–water partition coefficient (Wildman–Crippen LogP) is 1.73. The van der Waals surface area contributed by atoms with Crippen LogP contribution in [0.25, 0.3) is 0 Å². The van der Waals surface area contributed by atoms with Gasteiger partial charge in [-0.05, 0) is 27.2 Å². The van der Waals surface area contributed by atoms with Crippen LogP contribution in [0.5, 0.6) is 0 Å². The second-order valence-electron chi connectivity index (χ2n) is 4.43. The third-order valence-electron chi connectivity index (χ3n) is 2.39. The lowest BCUT2D eigenvalue weighted by molar-refractivity contribution is -0.144. The van der Waals surface area contributed by atoms with Crippen LogP contribution in [0.1, 0.15) is 27.2 Å². The Morgan fingerprint density at radius 3 is 2.88 bits per heavy atom. The van der Waals surface area contributed by atoms with E-state index in [0.29, 0.717) is 12.2 Å². The van der Waals surface area contributed by atoms with Gasteiger partial charge in [-0.25, -0.2) is 4.98 Å². The number of hydrogen-bond donors (Lipinski definition) is 3. The molecule has 1 aromatic heterocycles. The molecule has 0 saturated heterocycles. The molecule has 0 aromatic carbocycles. The fourth-order valence-corrected chi connectivity index (χ4v) is 2.55. The summed E-state index contributed by atoms with van der Waals surface area (Å²) in [6, 6.07) is 0.143. The van der Waals surface area contributed by atoms with E-state index in [0.717, 1.165) is 5.16 Å². The zero-order chi connectivity index (χ0) is 12.9. The molecule has 0 amide bonds. The first-order chi connectivity index (χ1) is 7.94. The summed E-state index contributed by atoms with van der Waals surface area (Å²) in [6.45, 7) is 5.61. The van der Waals surface area contributed by atoms with E-state index in [9.17, 15) is 9.90 Å². The number of carboxylic acids is 1. The van der Waals surface area contributed by atoms with Crippen molar-refractivity contribution in [1.29, 1.82) is 0 Å². The van der Waals surface area contributed by atoms with Crippen LogP contribution in [0, 0.1) is 0 Å². The van der Waals surface area contributed by atoms with Crippen LogP contribution in [0.3, 0.4) is 0 Å². The number of carbonyl (C=O) groups is 1. The van der Waals surface area contributed by atoms with Gasteiger partial charge in [0.25, 0.3) is 0 Å². The van der Waals surface area contributed by atoms with Crippen molar-refractivity contribution in [1.82, 2.24) is 15.3 Å². The van der Waals surface area contributed by atoms with E-state index in [4.69, 9.17) is 0 Å². The van der Waals surface area contributed by atoms with Gasteiger partial charge in [0.1, 0.15) is 5.54 Å². The van der Waals surface area contributed by atoms with Crippen LogP contribution in [0.4, 0.5) is 0 Å². The normalized spacial score (nSPS) is 14.8. The monoisotopic (exact) mass is 257 g/mol. The van der Waals surface area contributed by atoms with E-state index >= 15 is 0 Å². The second kappa shape index (κ2) is 6.07. The number of H-pyrrole nitrogens is 1. The Labute approximate surface area is 105 Å². The maximum atomic E-state index is 11.3. The molecule has 0 spiro atoms. The quantitative estimate of drug-likeness (QED) is 0.648. The van der Waals surface area contributed by atoms with Crippen LogP contribution in [0.2, 0.25) is 0 Å². The van der Waals surface area contributed by atoms with Crippen molar-refractivity contribution in [3.63, 3.8) is 0 Å². The van der Waals surface area contributed by atoms with Crippen LogP contribution >= 0.6 is 11.8 Å². The third kappa shape index (κ3) is 4.40. The van der Waals surface area contributed by atoms with Gasteiger partial charge in [0.2, 0.25) is 0 Å². The molecule has 3 N–H and O–H groups in total. The first kappa shape index (κ1) is 14.1. The number of carboxylic acid groups (broad SMARTS) is 1. The van der Waals surface area contributed by atoms with E-state index < -0.39 is 11.5 Å². The topological polar surface area (TPSA) is 78.0 Å². The minimum Gasteiger partial charge on any atom is -0.480 e. The van der Waals surface area contributed by atoms with Crippen molar-refractivity contribution < 1.29 is 9.90 Å². The van der Waals surface area contributed by atoms with Crippen LogP contribution in [0.15, 0.2) is 17.6 Å².